The van der Waals surface area contributed by atoms with Gasteiger partial charge in [-0.05, 0) is 18.2 Å². The Bertz CT molecular complexity index is 585. The van der Waals surface area contributed by atoms with E-state index in [0.717, 1.165) is 4.88 Å². The van der Waals surface area contributed by atoms with Crippen molar-refractivity contribution in [3.63, 3.8) is 0 Å². The molecule has 18 heavy (non-hydrogen) atoms. The Labute approximate surface area is 118 Å². The van der Waals surface area contributed by atoms with Crippen molar-refractivity contribution in [3.8, 4) is 0 Å². The van der Waals surface area contributed by atoms with Crippen molar-refractivity contribution in [2.75, 3.05) is 5.73 Å². The molecule has 0 fully saturated rings. The minimum atomic E-state index is -0.315. The molecule has 0 atom stereocenters. The number of carbonyl (C=O) groups is 1. The van der Waals surface area contributed by atoms with Crippen molar-refractivity contribution in [2.24, 2.45) is 0 Å². The van der Waals surface area contributed by atoms with Crippen LogP contribution in [-0.2, 0) is 6.54 Å². The molecule has 1 amide bonds. The number of hydrogen-bond donors (Lipinski definition) is 2. The van der Waals surface area contributed by atoms with Gasteiger partial charge in [0.15, 0.2) is 0 Å². The molecule has 0 aliphatic rings. The molecule has 0 saturated carbocycles. The number of nitrogens with zero attached hydrogens (tertiary/aromatic N) is 1. The van der Waals surface area contributed by atoms with Gasteiger partial charge < -0.3 is 11.1 Å². The second kappa shape index (κ2) is 5.56. The largest absolute Gasteiger partial charge is 0.397 e. The van der Waals surface area contributed by atoms with Gasteiger partial charge in [-0.2, -0.15) is 0 Å². The number of nitrogens with two attached hydrogens (primary N) is 1. The lowest BCUT2D eigenvalue weighted by Crippen LogP contribution is -2.23. The van der Waals surface area contributed by atoms with Crippen LogP contribution in [0.25, 0.3) is 0 Å². The fourth-order valence-electron chi connectivity index (χ4n) is 1.33. The van der Waals surface area contributed by atoms with Gasteiger partial charge in [0, 0.05) is 4.88 Å². The minimum absolute atomic E-state index is 0.130. The van der Waals surface area contributed by atoms with Crippen LogP contribution in [-0.4, -0.2) is 10.9 Å². The van der Waals surface area contributed by atoms with Crippen LogP contribution in [0.5, 0.6) is 0 Å². The van der Waals surface area contributed by atoms with Gasteiger partial charge in [-0.15, -0.1) is 11.3 Å². The first-order valence-electron chi connectivity index (χ1n) is 4.99. The molecule has 0 saturated heterocycles. The molecule has 0 aliphatic carbocycles. The van der Waals surface area contributed by atoms with E-state index in [4.69, 9.17) is 28.9 Å². The van der Waals surface area contributed by atoms with E-state index in [2.05, 4.69) is 10.3 Å². The van der Waals surface area contributed by atoms with Gasteiger partial charge in [0.05, 0.1) is 28.3 Å². The summed E-state index contributed by atoms with van der Waals surface area (Å²) in [6, 6.07) is 5.13. The molecule has 2 heterocycles. The van der Waals surface area contributed by atoms with Gasteiger partial charge in [-0.1, -0.05) is 23.2 Å². The quantitative estimate of drug-likeness (QED) is 0.857. The summed E-state index contributed by atoms with van der Waals surface area (Å²) >= 11 is 13.0. The number of pyridine rings is 1. The maximum absolute atomic E-state index is 11.9. The molecule has 7 heteroatoms. The summed E-state index contributed by atoms with van der Waals surface area (Å²) in [5, 5.41) is 2.86. The second-order valence-corrected chi connectivity index (χ2v) is 5.65. The smallest absolute Gasteiger partial charge is 0.254 e. The van der Waals surface area contributed by atoms with E-state index in [9.17, 15) is 4.79 Å². The number of hydrogen-bond acceptors (Lipinski definition) is 4. The van der Waals surface area contributed by atoms with Crippen LogP contribution in [0, 0.1) is 0 Å². The number of halogens is 2. The van der Waals surface area contributed by atoms with Gasteiger partial charge >= 0.3 is 0 Å². The van der Waals surface area contributed by atoms with Crippen LogP contribution in [0.1, 0.15) is 15.2 Å². The standard InChI is InChI=1S/C11H9Cl2N3OS/c12-9-2-1-7(18-9)5-16-11(17)8-3-6(14)4-15-10(8)13/h1-4H,5,14H2,(H,16,17). The van der Waals surface area contributed by atoms with Crippen LogP contribution in [0.4, 0.5) is 5.69 Å². The first-order chi connectivity index (χ1) is 8.56. The molecule has 2 aromatic rings. The number of nitrogen functional groups attached to an aromatic ring is 1. The van der Waals surface area contributed by atoms with E-state index in [1.165, 1.54) is 23.6 Å². The van der Waals surface area contributed by atoms with Crippen LogP contribution in [0.2, 0.25) is 9.49 Å². The monoisotopic (exact) mass is 301 g/mol. The van der Waals surface area contributed by atoms with Crippen molar-refractivity contribution in [2.45, 2.75) is 6.54 Å². The maximum Gasteiger partial charge on any atom is 0.254 e. The molecule has 0 spiro atoms. The summed E-state index contributed by atoms with van der Waals surface area (Å²) in [6.45, 7) is 0.390. The number of carbonyl (C=O) groups excluding carboxylic acids is 1. The molecule has 2 rings (SSSR count). The van der Waals surface area contributed by atoms with Crippen LogP contribution < -0.4 is 11.1 Å². The molecule has 4 nitrogen and oxygen atoms in total. The zero-order valence-corrected chi connectivity index (χ0v) is 11.4. The predicted molar refractivity (Wildman–Crippen MR) is 74.2 cm³/mol. The van der Waals surface area contributed by atoms with Gasteiger partial charge in [-0.25, -0.2) is 4.98 Å². The molecule has 3 N–H and O–H groups in total. The molecule has 94 valence electrons. The fourth-order valence-corrected chi connectivity index (χ4v) is 2.55. The highest BCUT2D eigenvalue weighted by atomic mass is 35.5. The molecule has 0 aliphatic heterocycles. The number of anilines is 1. The van der Waals surface area contributed by atoms with Crippen molar-refractivity contribution < 1.29 is 4.79 Å². The third-order valence-corrected chi connectivity index (χ3v) is 3.69. The molecule has 0 unspecified atom stereocenters. The maximum atomic E-state index is 11.9. The number of amides is 1. The van der Waals surface area contributed by atoms with E-state index < -0.39 is 0 Å². The Kier molecular flexibility index (Phi) is 4.06. The Morgan fingerprint density at radius 2 is 2.22 bits per heavy atom. The lowest BCUT2D eigenvalue weighted by atomic mass is 10.2. The van der Waals surface area contributed by atoms with E-state index >= 15 is 0 Å². The highest BCUT2D eigenvalue weighted by molar-refractivity contribution is 7.16. The molecule has 0 aromatic carbocycles. The topological polar surface area (TPSA) is 68.0 Å². The Balaban J connectivity index is 2.05. The summed E-state index contributed by atoms with van der Waals surface area (Å²) < 4.78 is 0.683. The summed E-state index contributed by atoms with van der Waals surface area (Å²) in [6.07, 6.45) is 1.40. The van der Waals surface area contributed by atoms with Crippen LogP contribution in [0.15, 0.2) is 24.4 Å². The highest BCUT2D eigenvalue weighted by Gasteiger charge is 2.12. The molecule has 2 aromatic heterocycles. The average molecular weight is 302 g/mol. The zero-order valence-electron chi connectivity index (χ0n) is 9.11. The molecule has 0 bridgehead atoms. The average Bonchev–Trinajstić information content (AvgIpc) is 2.75. The van der Waals surface area contributed by atoms with Crippen molar-refractivity contribution in [1.82, 2.24) is 10.3 Å². The summed E-state index contributed by atoms with van der Waals surface area (Å²) in [4.78, 5) is 16.7. The Hall–Kier alpha value is -1.30. The van der Waals surface area contributed by atoms with Gasteiger partial charge in [0.1, 0.15) is 5.15 Å². The van der Waals surface area contributed by atoms with Crippen molar-refractivity contribution >= 4 is 46.1 Å². The van der Waals surface area contributed by atoms with Crippen molar-refractivity contribution in [3.05, 3.63) is 44.3 Å². The Morgan fingerprint density at radius 1 is 1.44 bits per heavy atom. The summed E-state index contributed by atoms with van der Waals surface area (Å²) in [5.41, 5.74) is 6.21. The summed E-state index contributed by atoms with van der Waals surface area (Å²) in [7, 11) is 0. The third kappa shape index (κ3) is 3.13. The predicted octanol–water partition coefficient (Wildman–Crippen LogP) is 2.96. The van der Waals surface area contributed by atoms with Gasteiger partial charge in [0.25, 0.3) is 5.91 Å². The second-order valence-electron chi connectivity index (χ2n) is 3.50. The number of rotatable bonds is 3. The number of thiophene rings is 1. The number of aromatic nitrogens is 1. The van der Waals surface area contributed by atoms with E-state index in [1.807, 2.05) is 6.07 Å². The van der Waals surface area contributed by atoms with Gasteiger partial charge in [-0.3, -0.25) is 4.79 Å². The lowest BCUT2D eigenvalue weighted by Gasteiger charge is -2.05. The normalized spacial score (nSPS) is 10.3. The van der Waals surface area contributed by atoms with Crippen molar-refractivity contribution in [1.29, 1.82) is 0 Å². The first kappa shape index (κ1) is 13.1. The third-order valence-electron chi connectivity index (χ3n) is 2.16. The van der Waals surface area contributed by atoms with E-state index in [-0.39, 0.29) is 16.6 Å². The summed E-state index contributed by atoms with van der Waals surface area (Å²) in [5.74, 6) is -0.315. The lowest BCUT2D eigenvalue weighted by molar-refractivity contribution is 0.0951. The SMILES string of the molecule is Nc1cnc(Cl)c(C(=O)NCc2ccc(Cl)s2)c1. The van der Waals surface area contributed by atoms with Crippen LogP contribution >= 0.6 is 34.5 Å². The van der Waals surface area contributed by atoms with E-state index in [0.29, 0.717) is 16.6 Å². The van der Waals surface area contributed by atoms with Crippen LogP contribution in [0.3, 0.4) is 0 Å². The minimum Gasteiger partial charge on any atom is -0.397 e. The Morgan fingerprint density at radius 3 is 2.89 bits per heavy atom. The molecular weight excluding hydrogens is 293 g/mol. The highest BCUT2D eigenvalue weighted by Crippen LogP contribution is 2.21. The fraction of sp³-hybridized carbons (Fsp3) is 0.0909. The van der Waals surface area contributed by atoms with Gasteiger partial charge in [0.2, 0.25) is 0 Å². The number of nitrogens with one attached hydrogen (secondary N) is 1. The molecular formula is C11H9Cl2N3OS. The first-order valence-corrected chi connectivity index (χ1v) is 6.57. The van der Waals surface area contributed by atoms with E-state index in [1.54, 1.807) is 6.07 Å². The molecule has 0 radical (unpaired) electrons. The zero-order chi connectivity index (χ0) is 13.1.